The summed E-state index contributed by atoms with van der Waals surface area (Å²) in [4.78, 5) is 25.3. The number of hydrogen-bond donors (Lipinski definition) is 3. The van der Waals surface area contributed by atoms with Gasteiger partial charge in [0.2, 0.25) is 0 Å². The van der Waals surface area contributed by atoms with Crippen LogP contribution in [0.3, 0.4) is 0 Å². The van der Waals surface area contributed by atoms with Gasteiger partial charge in [0.15, 0.2) is 0 Å². The van der Waals surface area contributed by atoms with Crippen molar-refractivity contribution in [3.8, 4) is 0 Å². The Kier molecular flexibility index (Phi) is 5.24. The van der Waals surface area contributed by atoms with E-state index in [9.17, 15) is 18.0 Å². The van der Waals surface area contributed by atoms with Gasteiger partial charge in [-0.2, -0.15) is 0 Å². The number of carbonyl (C=O) groups excluding carboxylic acids is 2. The van der Waals surface area contributed by atoms with Crippen molar-refractivity contribution >= 4 is 27.8 Å². The highest BCUT2D eigenvalue weighted by Gasteiger charge is 2.27. The quantitative estimate of drug-likeness (QED) is 0.694. The molecule has 4 rings (SSSR count). The topological polar surface area (TPSA) is 122 Å². The number of nitrogens with two attached hydrogens (primary N) is 1. The molecule has 1 aromatic carbocycles. The lowest BCUT2D eigenvalue weighted by Crippen LogP contribution is -2.39. The summed E-state index contributed by atoms with van der Waals surface area (Å²) in [5, 5.41) is 3.75. The van der Waals surface area contributed by atoms with Gasteiger partial charge in [-0.05, 0) is 79.7 Å². The highest BCUT2D eigenvalue weighted by atomic mass is 32.2. The molecule has 29 heavy (non-hydrogen) atoms. The largest absolute Gasteiger partial charge is 0.351 e. The molecule has 9 heteroatoms. The Hall–Kier alpha value is -2.55. The van der Waals surface area contributed by atoms with Crippen LogP contribution in [0.15, 0.2) is 17.6 Å². The van der Waals surface area contributed by atoms with Gasteiger partial charge < -0.3 is 16.0 Å². The number of likely N-dealkylation sites (tertiary alicyclic amines) is 1. The Labute approximate surface area is 170 Å². The monoisotopic (exact) mass is 418 g/mol. The standard InChI is InChI=1S/C20H26N4O4S/c21-19(25)24-10-3-6-15(24)9-11-29(27,28)23-20(26)22-18-16-7-1-4-13(16)12-14-5-2-8-17(14)18/h9,11-12,15H,1-8,10H2,(H2,21,25)(H2,22,23,26)/b11-9+/t15-/m1/s1. The predicted octanol–water partition coefficient (Wildman–Crippen LogP) is 2.17. The molecule has 156 valence electrons. The summed E-state index contributed by atoms with van der Waals surface area (Å²) >= 11 is 0. The van der Waals surface area contributed by atoms with Crippen LogP contribution in [0.5, 0.6) is 0 Å². The van der Waals surface area contributed by atoms with Gasteiger partial charge in [-0.1, -0.05) is 6.07 Å². The van der Waals surface area contributed by atoms with E-state index < -0.39 is 22.1 Å². The summed E-state index contributed by atoms with van der Waals surface area (Å²) in [5.74, 6) is 0. The van der Waals surface area contributed by atoms with Crippen molar-refractivity contribution in [3.05, 3.63) is 39.8 Å². The van der Waals surface area contributed by atoms with Crippen LogP contribution in [0.4, 0.5) is 15.3 Å². The van der Waals surface area contributed by atoms with E-state index in [0.29, 0.717) is 13.0 Å². The zero-order valence-corrected chi connectivity index (χ0v) is 17.1. The van der Waals surface area contributed by atoms with Crippen LogP contribution in [0.25, 0.3) is 0 Å². The number of primary amides is 1. The lowest BCUT2D eigenvalue weighted by molar-refractivity contribution is 0.210. The maximum Gasteiger partial charge on any atom is 0.333 e. The van der Waals surface area contributed by atoms with Crippen molar-refractivity contribution in [2.24, 2.45) is 5.73 Å². The number of urea groups is 2. The van der Waals surface area contributed by atoms with E-state index in [1.54, 1.807) is 0 Å². The molecule has 4 amide bonds. The first-order chi connectivity index (χ1) is 13.8. The molecule has 0 unspecified atom stereocenters. The van der Waals surface area contributed by atoms with Crippen LogP contribution >= 0.6 is 0 Å². The highest BCUT2D eigenvalue weighted by molar-refractivity contribution is 7.92. The maximum atomic E-state index is 12.5. The van der Waals surface area contributed by atoms with Crippen LogP contribution in [-0.4, -0.2) is 38.0 Å². The first-order valence-electron chi connectivity index (χ1n) is 10.1. The van der Waals surface area contributed by atoms with Gasteiger partial charge in [-0.3, -0.25) is 0 Å². The van der Waals surface area contributed by atoms with Crippen molar-refractivity contribution in [1.29, 1.82) is 0 Å². The number of carbonyl (C=O) groups is 2. The van der Waals surface area contributed by atoms with Gasteiger partial charge in [0.1, 0.15) is 0 Å². The molecule has 0 radical (unpaired) electrons. The predicted molar refractivity (Wildman–Crippen MR) is 110 cm³/mol. The molecule has 1 fully saturated rings. The van der Waals surface area contributed by atoms with Crippen molar-refractivity contribution in [2.75, 3.05) is 11.9 Å². The average molecular weight is 419 g/mol. The number of nitrogens with one attached hydrogen (secondary N) is 2. The fourth-order valence-electron chi connectivity index (χ4n) is 4.73. The minimum absolute atomic E-state index is 0.368. The van der Waals surface area contributed by atoms with Crippen LogP contribution < -0.4 is 15.8 Å². The van der Waals surface area contributed by atoms with Crippen LogP contribution in [0, 0.1) is 0 Å². The molecule has 0 saturated carbocycles. The number of fused-ring (bicyclic) bond motifs is 2. The molecule has 0 bridgehead atoms. The van der Waals surface area contributed by atoms with Crippen molar-refractivity contribution in [3.63, 3.8) is 0 Å². The Morgan fingerprint density at radius 2 is 1.72 bits per heavy atom. The van der Waals surface area contributed by atoms with E-state index in [0.717, 1.165) is 67.2 Å². The third-order valence-corrected chi connectivity index (χ3v) is 6.99. The van der Waals surface area contributed by atoms with Crippen molar-refractivity contribution in [2.45, 2.75) is 57.4 Å². The Balaban J connectivity index is 1.46. The smallest absolute Gasteiger partial charge is 0.333 e. The minimum atomic E-state index is -3.99. The normalized spacial score (nSPS) is 20.7. The molecule has 1 aromatic rings. The summed E-state index contributed by atoms with van der Waals surface area (Å²) in [6.07, 6.45) is 8.70. The summed E-state index contributed by atoms with van der Waals surface area (Å²) in [7, 11) is -3.99. The van der Waals surface area contributed by atoms with E-state index in [4.69, 9.17) is 5.73 Å². The number of aryl methyl sites for hydroxylation is 2. The Bertz CT molecular complexity index is 954. The van der Waals surface area contributed by atoms with E-state index in [2.05, 4.69) is 16.1 Å². The Morgan fingerprint density at radius 1 is 1.07 bits per heavy atom. The molecule has 3 aliphatic rings. The van der Waals surface area contributed by atoms with Crippen LogP contribution in [0.1, 0.15) is 47.9 Å². The van der Waals surface area contributed by atoms with E-state index in [1.165, 1.54) is 22.1 Å². The first-order valence-corrected chi connectivity index (χ1v) is 11.6. The second-order valence-electron chi connectivity index (χ2n) is 7.90. The van der Waals surface area contributed by atoms with Gasteiger partial charge in [0, 0.05) is 17.6 Å². The van der Waals surface area contributed by atoms with Gasteiger partial charge >= 0.3 is 12.1 Å². The van der Waals surface area contributed by atoms with Crippen LogP contribution in [-0.2, 0) is 35.7 Å². The number of nitrogens with zero attached hydrogens (tertiary/aromatic N) is 1. The van der Waals surface area contributed by atoms with Crippen LogP contribution in [0.2, 0.25) is 0 Å². The average Bonchev–Trinajstić information content (AvgIpc) is 3.39. The number of amides is 4. The second kappa shape index (κ2) is 7.70. The molecule has 1 atom stereocenters. The van der Waals surface area contributed by atoms with Crippen molar-refractivity contribution < 1.29 is 18.0 Å². The molecule has 0 spiro atoms. The zero-order valence-electron chi connectivity index (χ0n) is 16.2. The number of hydrogen-bond acceptors (Lipinski definition) is 4. The van der Waals surface area contributed by atoms with E-state index in [-0.39, 0.29) is 6.04 Å². The maximum absolute atomic E-state index is 12.5. The van der Waals surface area contributed by atoms with Crippen molar-refractivity contribution in [1.82, 2.24) is 9.62 Å². The van der Waals surface area contributed by atoms with Gasteiger partial charge in [-0.25, -0.2) is 22.7 Å². The van der Waals surface area contributed by atoms with Gasteiger partial charge in [0.05, 0.1) is 6.04 Å². The summed E-state index contributed by atoms with van der Waals surface area (Å²) in [6, 6.07) is 0.543. The van der Waals surface area contributed by atoms with Gasteiger partial charge in [-0.15, -0.1) is 0 Å². The fourth-order valence-corrected chi connectivity index (χ4v) is 5.50. The Morgan fingerprint density at radius 3 is 2.34 bits per heavy atom. The van der Waals surface area contributed by atoms with Gasteiger partial charge in [0.25, 0.3) is 10.0 Å². The molecule has 1 aliphatic heterocycles. The molecule has 8 nitrogen and oxygen atoms in total. The molecule has 4 N–H and O–H groups in total. The highest BCUT2D eigenvalue weighted by Crippen LogP contribution is 2.38. The number of anilines is 1. The molecule has 1 saturated heterocycles. The summed E-state index contributed by atoms with van der Waals surface area (Å²) in [6.45, 7) is 0.503. The third kappa shape index (κ3) is 4.10. The molecular formula is C20H26N4O4S. The lowest BCUT2D eigenvalue weighted by atomic mass is 9.99. The molecule has 0 aromatic heterocycles. The SMILES string of the molecule is NC(=O)N1CCC[C@@H]1/C=C/S(=O)(=O)NC(=O)Nc1c2c(cc3c1CCC3)CCC2. The van der Waals surface area contributed by atoms with E-state index in [1.807, 2.05) is 0 Å². The summed E-state index contributed by atoms with van der Waals surface area (Å²) in [5.41, 5.74) is 10.9. The third-order valence-electron chi connectivity index (χ3n) is 6.01. The molecule has 1 heterocycles. The number of benzene rings is 1. The zero-order chi connectivity index (χ0) is 20.6. The molecule has 2 aliphatic carbocycles. The lowest BCUT2D eigenvalue weighted by Gasteiger charge is -2.19. The number of sulfonamides is 1. The second-order valence-corrected chi connectivity index (χ2v) is 9.47. The minimum Gasteiger partial charge on any atom is -0.351 e. The summed E-state index contributed by atoms with van der Waals surface area (Å²) < 4.78 is 26.7. The van der Waals surface area contributed by atoms with E-state index >= 15 is 0 Å². The number of rotatable bonds is 4. The first kappa shape index (κ1) is 19.8. The molecular weight excluding hydrogens is 392 g/mol. The fraction of sp³-hybridized carbons (Fsp3) is 0.500.